The molecule has 12 heavy (non-hydrogen) atoms. The van der Waals surface area contributed by atoms with Crippen molar-refractivity contribution in [2.24, 2.45) is 0 Å². The molecule has 0 radical (unpaired) electrons. The molecule has 1 rings (SSSR count). The van der Waals surface area contributed by atoms with Crippen molar-refractivity contribution in [2.45, 2.75) is 6.04 Å². The third-order valence-corrected chi connectivity index (χ3v) is 1.37. The van der Waals surface area contributed by atoms with Crippen molar-refractivity contribution >= 4 is 5.97 Å². The first-order valence-electron chi connectivity index (χ1n) is 3.12. The molecule has 1 unspecified atom stereocenters. The minimum absolute atomic E-state index is 0.644. The SMILES string of the molecule is O=C(O)C(CO)n1cn[nH]c1=O. The van der Waals surface area contributed by atoms with Crippen LogP contribution in [0.2, 0.25) is 0 Å². The molecule has 0 aliphatic heterocycles. The molecule has 1 heterocycles. The van der Waals surface area contributed by atoms with Crippen LogP contribution in [0.15, 0.2) is 11.1 Å². The summed E-state index contributed by atoms with van der Waals surface area (Å²) in [5.41, 5.74) is -0.656. The number of nitrogens with zero attached hydrogens (tertiary/aromatic N) is 2. The average Bonchev–Trinajstić information content (AvgIpc) is 2.38. The monoisotopic (exact) mass is 173 g/mol. The van der Waals surface area contributed by atoms with Crippen molar-refractivity contribution in [2.75, 3.05) is 6.61 Å². The van der Waals surface area contributed by atoms with Gasteiger partial charge in [-0.05, 0) is 0 Å². The van der Waals surface area contributed by atoms with Crippen molar-refractivity contribution in [3.05, 3.63) is 16.8 Å². The molecule has 0 saturated heterocycles. The molecule has 66 valence electrons. The van der Waals surface area contributed by atoms with Gasteiger partial charge in [-0.1, -0.05) is 0 Å². The van der Waals surface area contributed by atoms with E-state index in [0.29, 0.717) is 0 Å². The van der Waals surface area contributed by atoms with E-state index in [4.69, 9.17) is 10.2 Å². The Balaban J connectivity index is 3.03. The number of nitrogens with one attached hydrogen (secondary N) is 1. The molecule has 0 saturated carbocycles. The lowest BCUT2D eigenvalue weighted by atomic mass is 10.3. The van der Waals surface area contributed by atoms with Crippen LogP contribution in [-0.4, -0.2) is 37.6 Å². The van der Waals surface area contributed by atoms with E-state index >= 15 is 0 Å². The van der Waals surface area contributed by atoms with Crippen molar-refractivity contribution in [1.29, 1.82) is 0 Å². The van der Waals surface area contributed by atoms with E-state index in [1.54, 1.807) is 0 Å². The summed E-state index contributed by atoms with van der Waals surface area (Å²) in [7, 11) is 0. The van der Waals surface area contributed by atoms with Crippen LogP contribution in [0, 0.1) is 0 Å². The van der Waals surface area contributed by atoms with Gasteiger partial charge in [0.1, 0.15) is 6.33 Å². The van der Waals surface area contributed by atoms with Gasteiger partial charge < -0.3 is 10.2 Å². The Labute approximate surface area is 66.3 Å². The zero-order valence-corrected chi connectivity index (χ0v) is 5.97. The molecule has 1 aromatic rings. The Bertz CT molecular complexity index is 327. The van der Waals surface area contributed by atoms with Gasteiger partial charge >= 0.3 is 11.7 Å². The molecule has 0 bridgehead atoms. The Morgan fingerprint density at radius 2 is 2.50 bits per heavy atom. The number of carboxylic acid groups (broad SMARTS) is 1. The van der Waals surface area contributed by atoms with E-state index in [-0.39, 0.29) is 0 Å². The molecular formula is C5H7N3O4. The van der Waals surface area contributed by atoms with Crippen LogP contribution in [0.25, 0.3) is 0 Å². The van der Waals surface area contributed by atoms with Gasteiger partial charge in [-0.15, -0.1) is 0 Å². The number of aliphatic hydroxyl groups excluding tert-OH is 1. The van der Waals surface area contributed by atoms with Crippen molar-refractivity contribution in [1.82, 2.24) is 14.8 Å². The lowest BCUT2D eigenvalue weighted by Gasteiger charge is -2.06. The highest BCUT2D eigenvalue weighted by molar-refractivity contribution is 5.71. The third kappa shape index (κ3) is 1.35. The van der Waals surface area contributed by atoms with Gasteiger partial charge in [0.2, 0.25) is 0 Å². The molecule has 7 nitrogen and oxygen atoms in total. The summed E-state index contributed by atoms with van der Waals surface area (Å²) in [6.07, 6.45) is 1.03. The Morgan fingerprint density at radius 1 is 1.83 bits per heavy atom. The minimum Gasteiger partial charge on any atom is -0.480 e. The van der Waals surface area contributed by atoms with E-state index in [1.165, 1.54) is 0 Å². The van der Waals surface area contributed by atoms with E-state index in [1.807, 2.05) is 5.10 Å². The fourth-order valence-electron chi connectivity index (χ4n) is 0.764. The second kappa shape index (κ2) is 3.18. The number of aromatic nitrogens is 3. The number of aliphatic carboxylic acids is 1. The number of carbonyl (C=O) groups is 1. The van der Waals surface area contributed by atoms with Crippen LogP contribution in [0.4, 0.5) is 0 Å². The molecular weight excluding hydrogens is 166 g/mol. The number of carboxylic acids is 1. The van der Waals surface area contributed by atoms with Gasteiger partial charge in [0, 0.05) is 0 Å². The highest BCUT2D eigenvalue weighted by Crippen LogP contribution is 1.99. The first-order valence-corrected chi connectivity index (χ1v) is 3.12. The fourth-order valence-corrected chi connectivity index (χ4v) is 0.764. The maximum Gasteiger partial charge on any atom is 0.343 e. The fraction of sp³-hybridized carbons (Fsp3) is 0.400. The summed E-state index contributed by atoms with van der Waals surface area (Å²) in [4.78, 5) is 21.2. The minimum atomic E-state index is -1.28. The van der Waals surface area contributed by atoms with Crippen LogP contribution in [-0.2, 0) is 4.79 Å². The largest absolute Gasteiger partial charge is 0.480 e. The summed E-state index contributed by atoms with van der Waals surface area (Å²) >= 11 is 0. The van der Waals surface area contributed by atoms with E-state index in [0.717, 1.165) is 10.9 Å². The molecule has 0 amide bonds. The van der Waals surface area contributed by atoms with E-state index in [2.05, 4.69) is 5.10 Å². The second-order valence-electron chi connectivity index (χ2n) is 2.11. The number of H-pyrrole nitrogens is 1. The van der Waals surface area contributed by atoms with Gasteiger partial charge in [-0.3, -0.25) is 4.57 Å². The first kappa shape index (κ1) is 8.47. The van der Waals surface area contributed by atoms with Crippen molar-refractivity contribution in [3.8, 4) is 0 Å². The van der Waals surface area contributed by atoms with Crippen LogP contribution in [0.1, 0.15) is 6.04 Å². The predicted molar refractivity (Wildman–Crippen MR) is 36.6 cm³/mol. The second-order valence-corrected chi connectivity index (χ2v) is 2.11. The quantitative estimate of drug-likeness (QED) is 0.499. The van der Waals surface area contributed by atoms with E-state index < -0.39 is 24.3 Å². The predicted octanol–water partition coefficient (Wildman–Crippen LogP) is -1.81. The summed E-state index contributed by atoms with van der Waals surface area (Å²) in [6, 6.07) is -1.27. The van der Waals surface area contributed by atoms with Gasteiger partial charge in [0.15, 0.2) is 6.04 Å². The maximum atomic E-state index is 10.8. The lowest BCUT2D eigenvalue weighted by molar-refractivity contribution is -0.142. The molecule has 0 spiro atoms. The molecule has 3 N–H and O–H groups in total. The first-order chi connectivity index (χ1) is 5.66. The summed E-state index contributed by atoms with van der Waals surface area (Å²) in [6.45, 7) is -0.644. The zero-order valence-electron chi connectivity index (χ0n) is 5.97. The van der Waals surface area contributed by atoms with Gasteiger partial charge in [-0.2, -0.15) is 5.10 Å². The molecule has 0 aliphatic rings. The Morgan fingerprint density at radius 3 is 2.83 bits per heavy atom. The standard InChI is InChI=1S/C5H7N3O4/c9-1-3(4(10)11)8-2-6-7-5(8)12/h2-3,9H,1H2,(H,7,12)(H,10,11). The lowest BCUT2D eigenvalue weighted by Crippen LogP contribution is -2.29. The maximum absolute atomic E-state index is 10.8. The average molecular weight is 173 g/mol. The van der Waals surface area contributed by atoms with Gasteiger partial charge in [0.25, 0.3) is 0 Å². The van der Waals surface area contributed by atoms with Crippen molar-refractivity contribution in [3.63, 3.8) is 0 Å². The normalized spacial score (nSPS) is 12.8. The van der Waals surface area contributed by atoms with E-state index in [9.17, 15) is 9.59 Å². The topological polar surface area (TPSA) is 108 Å². The molecule has 1 aromatic heterocycles. The van der Waals surface area contributed by atoms with Gasteiger partial charge in [-0.25, -0.2) is 14.7 Å². The number of aliphatic hydroxyl groups is 1. The summed E-state index contributed by atoms with van der Waals surface area (Å²) in [5, 5.41) is 22.5. The number of hydrogen-bond acceptors (Lipinski definition) is 4. The molecule has 0 fully saturated rings. The Kier molecular flexibility index (Phi) is 2.24. The number of hydrogen-bond donors (Lipinski definition) is 3. The Hall–Kier alpha value is -1.63. The van der Waals surface area contributed by atoms with Crippen LogP contribution in [0.3, 0.4) is 0 Å². The van der Waals surface area contributed by atoms with Crippen LogP contribution < -0.4 is 5.69 Å². The molecule has 0 aliphatic carbocycles. The molecule has 1 atom stereocenters. The third-order valence-electron chi connectivity index (χ3n) is 1.37. The number of rotatable bonds is 3. The highest BCUT2D eigenvalue weighted by atomic mass is 16.4. The molecule has 7 heteroatoms. The van der Waals surface area contributed by atoms with Crippen LogP contribution in [0.5, 0.6) is 0 Å². The highest BCUT2D eigenvalue weighted by Gasteiger charge is 2.19. The van der Waals surface area contributed by atoms with Crippen molar-refractivity contribution < 1.29 is 15.0 Å². The summed E-state index contributed by atoms with van der Waals surface area (Å²) in [5.74, 6) is -1.28. The smallest absolute Gasteiger partial charge is 0.343 e. The summed E-state index contributed by atoms with van der Waals surface area (Å²) < 4.78 is 0.808. The zero-order chi connectivity index (χ0) is 9.14. The molecule has 0 aromatic carbocycles. The van der Waals surface area contributed by atoms with Gasteiger partial charge in [0.05, 0.1) is 6.61 Å². The van der Waals surface area contributed by atoms with Crippen LogP contribution >= 0.6 is 0 Å². The number of aromatic amines is 1.